The summed E-state index contributed by atoms with van der Waals surface area (Å²) in [5.41, 5.74) is 2.32. The maximum atomic E-state index is 12.8. The van der Waals surface area contributed by atoms with Gasteiger partial charge in [-0.3, -0.25) is 4.79 Å². The molecule has 0 aliphatic carbocycles. The lowest BCUT2D eigenvalue weighted by molar-refractivity contribution is 0.0700. The molecule has 0 aliphatic rings. The predicted octanol–water partition coefficient (Wildman–Crippen LogP) is 3.97. The molecule has 4 heteroatoms. The van der Waals surface area contributed by atoms with Crippen LogP contribution < -0.4 is 4.74 Å². The van der Waals surface area contributed by atoms with Gasteiger partial charge in [-0.25, -0.2) is 0 Å². The van der Waals surface area contributed by atoms with Crippen LogP contribution >= 0.6 is 0 Å². The highest BCUT2D eigenvalue weighted by molar-refractivity contribution is 6.00. The van der Waals surface area contributed by atoms with E-state index in [4.69, 9.17) is 9.15 Å². The molecule has 1 aromatic heterocycles. The van der Waals surface area contributed by atoms with Crippen molar-refractivity contribution in [3.63, 3.8) is 0 Å². The topological polar surface area (TPSA) is 59.7 Å². The number of carbonyl (C=O) groups excluding carboxylic acids is 1. The quantitative estimate of drug-likeness (QED) is 0.692. The Labute approximate surface area is 146 Å². The Balaban J connectivity index is 1.96. The number of ether oxygens (including phenoxy) is 1. The van der Waals surface area contributed by atoms with Gasteiger partial charge in [-0.1, -0.05) is 42.0 Å². The molecule has 3 aromatic rings. The van der Waals surface area contributed by atoms with Crippen LogP contribution in [0.1, 0.15) is 33.2 Å². The summed E-state index contributed by atoms with van der Waals surface area (Å²) in [5.74, 6) is 0.325. The summed E-state index contributed by atoms with van der Waals surface area (Å²) < 4.78 is 10.7. The van der Waals surface area contributed by atoms with E-state index in [1.54, 1.807) is 43.5 Å². The van der Waals surface area contributed by atoms with Gasteiger partial charge in [-0.15, -0.1) is 0 Å². The third-order valence-electron chi connectivity index (χ3n) is 4.25. The molecule has 0 aliphatic heterocycles. The number of carbonyl (C=O) groups is 1. The van der Waals surface area contributed by atoms with Crippen molar-refractivity contribution < 1.29 is 19.1 Å². The van der Waals surface area contributed by atoms with Crippen LogP contribution in [0.15, 0.2) is 71.3 Å². The second-order valence-electron chi connectivity index (χ2n) is 5.94. The number of rotatable bonds is 6. The van der Waals surface area contributed by atoms with Crippen LogP contribution in [0.2, 0.25) is 0 Å². The molecule has 1 heterocycles. The van der Waals surface area contributed by atoms with Crippen molar-refractivity contribution in [1.82, 2.24) is 0 Å². The normalized spacial score (nSPS) is 13.2. The molecule has 0 saturated carbocycles. The Morgan fingerprint density at radius 2 is 1.72 bits per heavy atom. The maximum Gasteiger partial charge on any atom is 0.192 e. The Bertz CT molecular complexity index is 817. The molecule has 2 atom stereocenters. The monoisotopic (exact) mass is 336 g/mol. The van der Waals surface area contributed by atoms with Crippen molar-refractivity contribution in [2.45, 2.75) is 18.9 Å². The summed E-state index contributed by atoms with van der Waals surface area (Å²) in [5, 5.41) is 10.8. The number of ketones is 1. The van der Waals surface area contributed by atoms with Gasteiger partial charge in [0.15, 0.2) is 5.78 Å². The van der Waals surface area contributed by atoms with E-state index >= 15 is 0 Å². The van der Waals surface area contributed by atoms with Gasteiger partial charge in [-0.05, 0) is 36.8 Å². The van der Waals surface area contributed by atoms with Crippen LogP contribution in [0.25, 0.3) is 0 Å². The number of furan rings is 1. The number of hydrogen-bond acceptors (Lipinski definition) is 4. The van der Waals surface area contributed by atoms with Gasteiger partial charge in [0.2, 0.25) is 0 Å². The lowest BCUT2D eigenvalue weighted by atomic mass is 9.87. The second kappa shape index (κ2) is 7.36. The first kappa shape index (κ1) is 17.0. The molecule has 3 rings (SSSR count). The third-order valence-corrected chi connectivity index (χ3v) is 4.25. The average Bonchev–Trinajstić information content (AvgIpc) is 3.16. The summed E-state index contributed by atoms with van der Waals surface area (Å²) >= 11 is 0. The first-order chi connectivity index (χ1) is 12.1. The molecule has 2 aromatic carbocycles. The van der Waals surface area contributed by atoms with Gasteiger partial charge >= 0.3 is 0 Å². The molecule has 1 N–H and O–H groups in total. The highest BCUT2D eigenvalue weighted by Gasteiger charge is 2.31. The molecule has 0 saturated heterocycles. The Morgan fingerprint density at radius 1 is 1.04 bits per heavy atom. The fourth-order valence-electron chi connectivity index (χ4n) is 2.82. The first-order valence-electron chi connectivity index (χ1n) is 8.06. The highest BCUT2D eigenvalue weighted by Crippen LogP contribution is 2.31. The van der Waals surface area contributed by atoms with Crippen LogP contribution in [0.5, 0.6) is 5.75 Å². The number of Topliss-reactive ketones (excluding diaryl/α,β-unsaturated/α-hetero) is 1. The van der Waals surface area contributed by atoms with E-state index in [2.05, 4.69) is 0 Å². The maximum absolute atomic E-state index is 12.8. The largest absolute Gasteiger partial charge is 0.497 e. The Kier molecular flexibility index (Phi) is 5.00. The van der Waals surface area contributed by atoms with E-state index < -0.39 is 12.0 Å². The summed E-state index contributed by atoms with van der Waals surface area (Å²) in [6.45, 7) is 1.95. The molecule has 0 fully saturated rings. The molecule has 0 amide bonds. The van der Waals surface area contributed by atoms with Gasteiger partial charge in [0, 0.05) is 5.56 Å². The number of benzene rings is 2. The van der Waals surface area contributed by atoms with E-state index in [-0.39, 0.29) is 5.78 Å². The van der Waals surface area contributed by atoms with Crippen LogP contribution in [0.4, 0.5) is 0 Å². The number of aliphatic hydroxyl groups is 1. The van der Waals surface area contributed by atoms with Gasteiger partial charge in [0.25, 0.3) is 0 Å². The lowest BCUT2D eigenvalue weighted by Crippen LogP contribution is -2.28. The van der Waals surface area contributed by atoms with Crippen molar-refractivity contribution >= 4 is 5.78 Å². The van der Waals surface area contributed by atoms with Crippen LogP contribution in [-0.4, -0.2) is 24.1 Å². The summed E-state index contributed by atoms with van der Waals surface area (Å²) in [4.78, 5) is 12.8. The molecule has 4 nitrogen and oxygen atoms in total. The molecule has 25 heavy (non-hydrogen) atoms. The first-order valence-corrected chi connectivity index (χ1v) is 8.06. The third kappa shape index (κ3) is 3.64. The molecule has 0 radical (unpaired) electrons. The average molecular weight is 336 g/mol. The number of hydrogen-bond donors (Lipinski definition) is 1. The SMILES string of the molecule is COc1ccc([C@H](c2ccco2)[C@H](O)C(=O)c2ccc(C)cc2)cc1. The predicted molar refractivity (Wildman–Crippen MR) is 95.1 cm³/mol. The molecule has 128 valence electrons. The van der Waals surface area contributed by atoms with Crippen molar-refractivity contribution in [2.75, 3.05) is 7.11 Å². The number of aliphatic hydroxyl groups excluding tert-OH is 1. The van der Waals surface area contributed by atoms with Crippen LogP contribution in [-0.2, 0) is 0 Å². The molecule has 0 bridgehead atoms. The van der Waals surface area contributed by atoms with E-state index in [1.165, 1.54) is 6.26 Å². The minimum Gasteiger partial charge on any atom is -0.497 e. The molecular weight excluding hydrogens is 316 g/mol. The smallest absolute Gasteiger partial charge is 0.192 e. The second-order valence-corrected chi connectivity index (χ2v) is 5.94. The minimum atomic E-state index is -1.25. The molecular formula is C21H20O4. The van der Waals surface area contributed by atoms with E-state index in [0.29, 0.717) is 17.1 Å². The van der Waals surface area contributed by atoms with E-state index in [0.717, 1.165) is 11.1 Å². The van der Waals surface area contributed by atoms with E-state index in [1.807, 2.05) is 31.2 Å². The van der Waals surface area contributed by atoms with Crippen molar-refractivity contribution in [2.24, 2.45) is 0 Å². The lowest BCUT2D eigenvalue weighted by Gasteiger charge is -2.21. The van der Waals surface area contributed by atoms with Gasteiger partial charge in [0.1, 0.15) is 17.6 Å². The summed E-state index contributed by atoms with van der Waals surface area (Å²) in [6.07, 6.45) is 0.289. The molecule has 0 spiro atoms. The van der Waals surface area contributed by atoms with Crippen molar-refractivity contribution in [3.8, 4) is 5.75 Å². The minimum absolute atomic E-state index is 0.336. The summed E-state index contributed by atoms with van der Waals surface area (Å²) in [7, 11) is 1.59. The zero-order chi connectivity index (χ0) is 17.8. The zero-order valence-electron chi connectivity index (χ0n) is 14.2. The highest BCUT2D eigenvalue weighted by atomic mass is 16.5. The zero-order valence-corrected chi connectivity index (χ0v) is 14.2. The number of methoxy groups -OCH3 is 1. The van der Waals surface area contributed by atoms with Crippen LogP contribution in [0, 0.1) is 6.92 Å². The standard InChI is InChI=1S/C21H20O4/c1-14-5-7-16(8-6-14)20(22)21(23)19(18-4-3-13-25-18)15-9-11-17(24-2)12-10-15/h3-13,19,21,23H,1-2H3/t19-,21+/m1/s1. The summed E-state index contributed by atoms with van der Waals surface area (Å²) in [6, 6.07) is 17.9. The fraction of sp³-hybridized carbons (Fsp3) is 0.190. The van der Waals surface area contributed by atoms with Crippen molar-refractivity contribution in [1.29, 1.82) is 0 Å². The van der Waals surface area contributed by atoms with Gasteiger partial charge in [0.05, 0.1) is 19.3 Å². The van der Waals surface area contributed by atoms with Gasteiger partial charge in [-0.2, -0.15) is 0 Å². The van der Waals surface area contributed by atoms with Gasteiger partial charge < -0.3 is 14.3 Å². The fourth-order valence-corrected chi connectivity index (χ4v) is 2.82. The molecule has 0 unspecified atom stereocenters. The Hall–Kier alpha value is -2.85. The van der Waals surface area contributed by atoms with Crippen molar-refractivity contribution in [3.05, 3.63) is 89.4 Å². The number of aryl methyl sites for hydroxylation is 1. The van der Waals surface area contributed by atoms with Crippen LogP contribution in [0.3, 0.4) is 0 Å². The Morgan fingerprint density at radius 3 is 2.28 bits per heavy atom. The van der Waals surface area contributed by atoms with E-state index in [9.17, 15) is 9.90 Å².